The summed E-state index contributed by atoms with van der Waals surface area (Å²) in [4.78, 5) is 0. The second-order valence-corrected chi connectivity index (χ2v) is 1.00. The minimum Gasteiger partial charge on any atom is -0.870 e. The van der Waals surface area contributed by atoms with Gasteiger partial charge in [-0.1, -0.05) is 5.79 Å². The van der Waals surface area contributed by atoms with Gasteiger partial charge in [-0.15, -0.1) is 0 Å². The summed E-state index contributed by atoms with van der Waals surface area (Å²) in [5, 5.41) is 0. The number of hydrogen-bond donors (Lipinski definition) is 1. The van der Waals surface area contributed by atoms with Crippen molar-refractivity contribution in [2.24, 2.45) is 4.72 Å². The molecule has 0 rings (SSSR count). The van der Waals surface area contributed by atoms with Crippen LogP contribution < -0.4 is 4.72 Å². The van der Waals surface area contributed by atoms with Crippen LogP contribution in [0.4, 0.5) is 0 Å². The summed E-state index contributed by atoms with van der Waals surface area (Å²) in [7, 11) is 0. The van der Waals surface area contributed by atoms with E-state index in [2.05, 4.69) is 0 Å². The first-order valence-corrected chi connectivity index (χ1v) is 2.73. The van der Waals surface area contributed by atoms with E-state index >= 15 is 0 Å². The van der Waals surface area contributed by atoms with Crippen molar-refractivity contribution in [3.63, 3.8) is 0 Å². The summed E-state index contributed by atoms with van der Waals surface area (Å²) in [5.74, 6) is 1.99. The molecular formula is C4H27AlBeN5O3Zn2-4. The van der Waals surface area contributed by atoms with Crippen molar-refractivity contribution >= 4 is 25.6 Å². The van der Waals surface area contributed by atoms with Gasteiger partial charge in [0.15, 0.2) is 0 Å². The maximum Gasteiger partial charge on any atom is 2.00 e. The first-order chi connectivity index (χ1) is 1.41. The second kappa shape index (κ2) is 588. The molecule has 0 heterocycles. The van der Waals surface area contributed by atoms with Crippen LogP contribution in [0.5, 0.6) is 0 Å². The molecule has 0 aliphatic carbocycles. The molecule has 0 bridgehead atoms. The van der Waals surface area contributed by atoms with Crippen molar-refractivity contribution in [1.29, 1.82) is 0 Å². The van der Waals surface area contributed by atoms with Gasteiger partial charge in [-0.3, -0.25) is 0 Å². The molecule has 0 aliphatic heterocycles. The minimum atomic E-state index is 0. The average molecular weight is 360 g/mol. The maximum absolute atomic E-state index is 4.93. The van der Waals surface area contributed by atoms with E-state index in [0.717, 1.165) is 0 Å². The van der Waals surface area contributed by atoms with Gasteiger partial charge >= 0.3 is 45.0 Å². The summed E-state index contributed by atoms with van der Waals surface area (Å²) in [5.41, 5.74) is 0. The molecule has 8 nitrogen and oxygen atoms in total. The molecule has 0 saturated carbocycles. The molecule has 1 radical (unpaired) electrons. The van der Waals surface area contributed by atoms with E-state index in [1.54, 1.807) is 0 Å². The third-order valence-electron chi connectivity index (χ3n) is 0. The van der Waals surface area contributed by atoms with E-state index < -0.39 is 0 Å². The fourth-order valence-corrected chi connectivity index (χ4v) is 0. The summed E-state index contributed by atoms with van der Waals surface area (Å²) in [6, 6.07) is 0. The largest absolute Gasteiger partial charge is 2.00 e. The van der Waals surface area contributed by atoms with Crippen LogP contribution in [0, 0.1) is 22.3 Å². The van der Waals surface area contributed by atoms with Gasteiger partial charge in [-0.2, -0.15) is 0 Å². The molecule has 16 heavy (non-hydrogen) atoms. The number of nitrogens with two attached hydrogens (primary N) is 5. The molecule has 0 aromatic carbocycles. The Labute approximate surface area is 138 Å². The van der Waals surface area contributed by atoms with E-state index in [-0.39, 0.29) is 128 Å². The molecule has 0 spiro atoms. The van der Waals surface area contributed by atoms with Gasteiger partial charge in [-0.05, 0) is 0 Å². The Hall–Kier alpha value is 1.63. The fraction of sp³-hybridized carbons (Fsp3) is 0.250. The second-order valence-electron chi connectivity index (χ2n) is 0.333. The van der Waals surface area contributed by atoms with Crippen LogP contribution in [0.15, 0.2) is 0 Å². The minimum absolute atomic E-state index is 0. The van der Waals surface area contributed by atoms with Gasteiger partial charge in [-0.25, -0.2) is 0 Å². The Morgan fingerprint density at radius 1 is 0.812 bits per heavy atom. The van der Waals surface area contributed by atoms with Crippen LogP contribution >= 0.6 is 0 Å². The molecule has 0 aliphatic rings. The first kappa shape index (κ1) is 370. The summed E-state index contributed by atoms with van der Waals surface area (Å²) < 4.78 is 4.93. The van der Waals surface area contributed by atoms with Crippen molar-refractivity contribution in [1.82, 2.24) is 0 Å². The smallest absolute Gasteiger partial charge is 0.870 e. The molecular weight excluding hydrogens is 333 g/mol. The van der Waals surface area contributed by atoms with Crippen molar-refractivity contribution < 1.29 is 55.4 Å². The van der Waals surface area contributed by atoms with Crippen LogP contribution in [0.2, 0.25) is 5.79 Å². The Balaban J connectivity index is -0.000000000256. The van der Waals surface area contributed by atoms with Gasteiger partial charge in [0.25, 0.3) is 0 Å². The number of hydrogen-bond acceptors (Lipinski definition) is 2. The Kier molecular flexibility index (Phi) is 13600. The predicted octanol–water partition coefficient (Wildman–Crippen LogP) is 1.62. The van der Waals surface area contributed by atoms with Crippen molar-refractivity contribution in [2.75, 3.05) is 0 Å². The molecule has 0 fully saturated rings. The Morgan fingerprint density at radius 2 is 0.812 bits per heavy atom. The molecule has 0 aromatic rings. The van der Waals surface area contributed by atoms with E-state index in [0.29, 0.717) is 0 Å². The molecule has 0 atom stereocenters. The average Bonchev–Trinajstić information content (AvgIpc) is 0.918. The van der Waals surface area contributed by atoms with Crippen molar-refractivity contribution in [3.05, 3.63) is 46.9 Å². The zero-order valence-electron chi connectivity index (χ0n) is 11.0. The van der Waals surface area contributed by atoms with Gasteiger partial charge in [0.2, 0.25) is 0 Å². The zero-order valence-corrected chi connectivity index (χ0v) is 18.1. The SMILES string of the molecule is O.O.[Be+2].[CH3-].[CH3-].[CH3-].[CH3][Al][NH2].[NH2-].[NH2-].[NH2-].[NH2-].[OH-].[Zn+2].[Zn]. The van der Waals surface area contributed by atoms with E-state index in [1.807, 2.05) is 5.79 Å². The molecule has 0 unspecified atom stereocenters. The molecule has 15 N–H and O–H groups in total. The van der Waals surface area contributed by atoms with Crippen LogP contribution in [0.25, 0.3) is 24.6 Å². The van der Waals surface area contributed by atoms with Gasteiger partial charge in [0.05, 0.1) is 0 Å². The third-order valence-corrected chi connectivity index (χ3v) is 0. The molecule has 99 valence electrons. The van der Waals surface area contributed by atoms with E-state index in [4.69, 9.17) is 4.72 Å². The molecule has 0 amide bonds. The van der Waals surface area contributed by atoms with Crippen LogP contribution in [0.1, 0.15) is 0 Å². The summed E-state index contributed by atoms with van der Waals surface area (Å²) in [6.45, 7) is 0. The molecule has 0 aromatic heterocycles. The van der Waals surface area contributed by atoms with Gasteiger partial charge in [0.1, 0.15) is 0 Å². The Morgan fingerprint density at radius 3 is 0.812 bits per heavy atom. The maximum atomic E-state index is 4.93. The fourth-order valence-electron chi connectivity index (χ4n) is 0. The molecule has 0 saturated heterocycles. The van der Waals surface area contributed by atoms with Crippen LogP contribution in [-0.4, -0.2) is 42.0 Å². The molecule has 12 heteroatoms. The Bertz CT molecular complexity index is 37.6. The summed E-state index contributed by atoms with van der Waals surface area (Å²) in [6.07, 6.45) is 0. The number of rotatable bonds is 0. The van der Waals surface area contributed by atoms with Crippen molar-refractivity contribution in [3.8, 4) is 0 Å². The third kappa shape index (κ3) is 1260. The predicted molar refractivity (Wildman–Crippen MR) is 71.1 cm³/mol. The van der Waals surface area contributed by atoms with Crippen molar-refractivity contribution in [2.45, 2.75) is 5.79 Å². The first-order valence-electron chi connectivity index (χ1n) is 0.911. The summed E-state index contributed by atoms with van der Waals surface area (Å²) >= 11 is 0.250. The van der Waals surface area contributed by atoms with Gasteiger partial charge in [0, 0.05) is 19.5 Å². The monoisotopic (exact) mass is 357 g/mol. The van der Waals surface area contributed by atoms with Gasteiger partial charge < -0.3 is 68.0 Å². The van der Waals surface area contributed by atoms with Crippen LogP contribution in [0.3, 0.4) is 0 Å². The van der Waals surface area contributed by atoms with E-state index in [9.17, 15) is 0 Å². The zero-order chi connectivity index (χ0) is 2.71. The topological polar surface area (TPSA) is 253 Å². The quantitative estimate of drug-likeness (QED) is 0.499. The standard InChI is InChI=1S/4CH3.Al.Be.5H2N.3H2O.2Zn/h4*1H3;;;8*1H2;;/q;3*-1;+1;+2;5*-1;;;;;+2/p-1. The van der Waals surface area contributed by atoms with E-state index in [1.165, 1.54) is 0 Å². The normalized spacial score (nSPS) is 0.875. The van der Waals surface area contributed by atoms with Crippen LogP contribution in [-0.2, 0) is 39.0 Å².